The molecule has 0 unspecified atom stereocenters. The summed E-state index contributed by atoms with van der Waals surface area (Å²) in [6, 6.07) is 10.6. The van der Waals surface area contributed by atoms with Crippen LogP contribution in [0.5, 0.6) is 0 Å². The Morgan fingerprint density at radius 1 is 1.06 bits per heavy atom. The molecule has 1 aliphatic carbocycles. The van der Waals surface area contributed by atoms with E-state index in [4.69, 9.17) is 0 Å². The fourth-order valence-electron chi connectivity index (χ4n) is 2.77. The second kappa shape index (κ2) is 5.34. The van der Waals surface area contributed by atoms with Gasteiger partial charge in [-0.15, -0.1) is 0 Å². The van der Waals surface area contributed by atoms with Gasteiger partial charge in [0, 0.05) is 11.6 Å². The van der Waals surface area contributed by atoms with E-state index in [1.165, 1.54) is 43.1 Å². The summed E-state index contributed by atoms with van der Waals surface area (Å²) < 4.78 is 0. The van der Waals surface area contributed by atoms with E-state index in [1.807, 2.05) is 12.3 Å². The highest BCUT2D eigenvalue weighted by atomic mass is 14.6. The first-order valence-electron chi connectivity index (χ1n) is 6.95. The standard InChI is InChI=1S/C17H19N/c1-2-5-14(6-3-1)8-9-15-10-11-17-16(13-15)7-4-12-18-17/h4,7-14H,1-3,5-6H2/b9-8+. The summed E-state index contributed by atoms with van der Waals surface area (Å²) in [5.74, 6) is 0.795. The molecule has 0 atom stereocenters. The second-order valence-electron chi connectivity index (χ2n) is 5.21. The molecule has 1 fully saturated rings. The van der Waals surface area contributed by atoms with Gasteiger partial charge < -0.3 is 0 Å². The van der Waals surface area contributed by atoms with Crippen molar-refractivity contribution in [1.82, 2.24) is 4.98 Å². The predicted molar refractivity (Wildman–Crippen MR) is 77.4 cm³/mol. The predicted octanol–water partition coefficient (Wildman–Crippen LogP) is 4.83. The fraction of sp³-hybridized carbons (Fsp3) is 0.353. The van der Waals surface area contributed by atoms with Crippen molar-refractivity contribution in [2.75, 3.05) is 0 Å². The highest BCUT2D eigenvalue weighted by Gasteiger charge is 2.09. The average molecular weight is 237 g/mol. The molecule has 2 aromatic rings. The number of pyridine rings is 1. The summed E-state index contributed by atoms with van der Waals surface area (Å²) in [5.41, 5.74) is 2.37. The monoisotopic (exact) mass is 237 g/mol. The Morgan fingerprint density at radius 2 is 1.94 bits per heavy atom. The number of allylic oxidation sites excluding steroid dienone is 1. The Balaban J connectivity index is 1.79. The summed E-state index contributed by atoms with van der Waals surface area (Å²) in [7, 11) is 0. The lowest BCUT2D eigenvalue weighted by Gasteiger charge is -2.17. The third kappa shape index (κ3) is 2.61. The number of rotatable bonds is 2. The Hall–Kier alpha value is -1.63. The van der Waals surface area contributed by atoms with Crippen LogP contribution >= 0.6 is 0 Å². The average Bonchev–Trinajstić information content (AvgIpc) is 2.46. The zero-order valence-corrected chi connectivity index (χ0v) is 10.7. The van der Waals surface area contributed by atoms with E-state index >= 15 is 0 Å². The van der Waals surface area contributed by atoms with Crippen LogP contribution in [0.3, 0.4) is 0 Å². The van der Waals surface area contributed by atoms with Crippen LogP contribution in [0.25, 0.3) is 17.0 Å². The third-order valence-corrected chi connectivity index (χ3v) is 3.84. The molecular formula is C17H19N. The minimum absolute atomic E-state index is 0.795. The normalized spacial score (nSPS) is 17.6. The van der Waals surface area contributed by atoms with Gasteiger partial charge in [0.15, 0.2) is 0 Å². The number of hydrogen-bond donors (Lipinski definition) is 0. The van der Waals surface area contributed by atoms with Gasteiger partial charge >= 0.3 is 0 Å². The Labute approximate surface area is 109 Å². The topological polar surface area (TPSA) is 12.9 Å². The van der Waals surface area contributed by atoms with Crippen molar-refractivity contribution in [3.63, 3.8) is 0 Å². The van der Waals surface area contributed by atoms with Crippen LogP contribution in [-0.2, 0) is 0 Å². The first kappa shape index (κ1) is 11.5. The van der Waals surface area contributed by atoms with Gasteiger partial charge in [-0.25, -0.2) is 0 Å². The molecule has 1 saturated carbocycles. The van der Waals surface area contributed by atoms with Crippen molar-refractivity contribution in [2.24, 2.45) is 5.92 Å². The Kier molecular flexibility index (Phi) is 3.40. The van der Waals surface area contributed by atoms with Crippen molar-refractivity contribution >= 4 is 17.0 Å². The van der Waals surface area contributed by atoms with Crippen molar-refractivity contribution in [1.29, 1.82) is 0 Å². The van der Waals surface area contributed by atoms with E-state index in [9.17, 15) is 0 Å². The van der Waals surface area contributed by atoms with Crippen LogP contribution in [0, 0.1) is 5.92 Å². The van der Waals surface area contributed by atoms with E-state index < -0.39 is 0 Å². The van der Waals surface area contributed by atoms with E-state index in [-0.39, 0.29) is 0 Å². The molecule has 0 N–H and O–H groups in total. The van der Waals surface area contributed by atoms with Gasteiger partial charge in [0.25, 0.3) is 0 Å². The highest BCUT2D eigenvalue weighted by molar-refractivity contribution is 5.80. The van der Waals surface area contributed by atoms with Crippen molar-refractivity contribution < 1.29 is 0 Å². The maximum absolute atomic E-state index is 4.35. The summed E-state index contributed by atoms with van der Waals surface area (Å²) in [6.07, 6.45) is 13.5. The molecule has 1 heterocycles. The molecule has 0 radical (unpaired) electrons. The highest BCUT2D eigenvalue weighted by Crippen LogP contribution is 2.25. The van der Waals surface area contributed by atoms with Crippen LogP contribution in [0.1, 0.15) is 37.7 Å². The molecule has 1 aromatic heterocycles. The molecule has 1 aliphatic rings. The summed E-state index contributed by atoms with van der Waals surface area (Å²) >= 11 is 0. The van der Waals surface area contributed by atoms with Crippen LogP contribution in [0.4, 0.5) is 0 Å². The largest absolute Gasteiger partial charge is 0.256 e. The fourth-order valence-corrected chi connectivity index (χ4v) is 2.77. The van der Waals surface area contributed by atoms with E-state index in [1.54, 1.807) is 0 Å². The number of fused-ring (bicyclic) bond motifs is 1. The molecule has 92 valence electrons. The number of hydrogen-bond acceptors (Lipinski definition) is 1. The zero-order chi connectivity index (χ0) is 12.2. The van der Waals surface area contributed by atoms with Gasteiger partial charge in [-0.2, -0.15) is 0 Å². The van der Waals surface area contributed by atoms with Crippen molar-refractivity contribution in [3.8, 4) is 0 Å². The minimum Gasteiger partial charge on any atom is -0.256 e. The lowest BCUT2D eigenvalue weighted by Crippen LogP contribution is -2.02. The summed E-state index contributed by atoms with van der Waals surface area (Å²) in [5, 5.41) is 1.23. The Morgan fingerprint density at radius 3 is 2.83 bits per heavy atom. The van der Waals surface area contributed by atoms with Gasteiger partial charge in [-0.3, -0.25) is 4.98 Å². The van der Waals surface area contributed by atoms with Crippen LogP contribution in [-0.4, -0.2) is 4.98 Å². The lowest BCUT2D eigenvalue weighted by atomic mass is 9.89. The lowest BCUT2D eigenvalue weighted by molar-refractivity contribution is 0.420. The molecule has 0 bridgehead atoms. The summed E-state index contributed by atoms with van der Waals surface area (Å²) in [4.78, 5) is 4.35. The van der Waals surface area contributed by atoms with Crippen molar-refractivity contribution in [2.45, 2.75) is 32.1 Å². The van der Waals surface area contributed by atoms with E-state index in [0.717, 1.165) is 11.4 Å². The molecule has 0 spiro atoms. The van der Waals surface area contributed by atoms with Gasteiger partial charge in [-0.1, -0.05) is 43.5 Å². The molecule has 0 saturated heterocycles. The number of aromatic nitrogens is 1. The molecule has 3 rings (SSSR count). The SMILES string of the molecule is C(=C\C1CCCCC1)/c1ccc2ncccc2c1. The minimum atomic E-state index is 0.795. The molecular weight excluding hydrogens is 218 g/mol. The number of benzene rings is 1. The van der Waals surface area contributed by atoms with Gasteiger partial charge in [0.05, 0.1) is 5.52 Å². The van der Waals surface area contributed by atoms with Crippen LogP contribution in [0.15, 0.2) is 42.6 Å². The molecule has 0 aliphatic heterocycles. The molecule has 0 amide bonds. The molecule has 1 heteroatoms. The van der Waals surface area contributed by atoms with E-state index in [0.29, 0.717) is 0 Å². The van der Waals surface area contributed by atoms with Gasteiger partial charge in [-0.05, 0) is 42.5 Å². The second-order valence-corrected chi connectivity index (χ2v) is 5.21. The first-order chi connectivity index (χ1) is 8.92. The molecule has 1 nitrogen and oxygen atoms in total. The van der Waals surface area contributed by atoms with Gasteiger partial charge in [0.1, 0.15) is 0 Å². The summed E-state index contributed by atoms with van der Waals surface area (Å²) in [6.45, 7) is 0. The maximum Gasteiger partial charge on any atom is 0.0702 e. The van der Waals surface area contributed by atoms with Crippen LogP contribution in [0.2, 0.25) is 0 Å². The zero-order valence-electron chi connectivity index (χ0n) is 10.7. The van der Waals surface area contributed by atoms with Crippen LogP contribution < -0.4 is 0 Å². The first-order valence-corrected chi connectivity index (χ1v) is 6.95. The molecule has 1 aromatic carbocycles. The quantitative estimate of drug-likeness (QED) is 0.729. The smallest absolute Gasteiger partial charge is 0.0702 e. The molecule has 18 heavy (non-hydrogen) atoms. The number of nitrogens with zero attached hydrogens (tertiary/aromatic N) is 1. The van der Waals surface area contributed by atoms with E-state index in [2.05, 4.69) is 41.4 Å². The van der Waals surface area contributed by atoms with Gasteiger partial charge in [0.2, 0.25) is 0 Å². The third-order valence-electron chi connectivity index (χ3n) is 3.84. The Bertz CT molecular complexity index is 550. The maximum atomic E-state index is 4.35. The van der Waals surface area contributed by atoms with Crippen molar-refractivity contribution in [3.05, 3.63) is 48.2 Å².